The van der Waals surface area contributed by atoms with Crippen molar-refractivity contribution >= 4 is 11.8 Å². The Morgan fingerprint density at radius 1 is 1.60 bits per heavy atom. The van der Waals surface area contributed by atoms with Crippen LogP contribution in [0.3, 0.4) is 0 Å². The summed E-state index contributed by atoms with van der Waals surface area (Å²) in [5, 5.41) is 21.5. The fourth-order valence-corrected chi connectivity index (χ4v) is 2.40. The Morgan fingerprint density at radius 2 is 2.27 bits per heavy atom. The topological polar surface area (TPSA) is 56.0 Å². The van der Waals surface area contributed by atoms with Crippen molar-refractivity contribution in [2.24, 2.45) is 0 Å². The quantitative estimate of drug-likeness (QED) is 0.667. The first-order valence-electron chi connectivity index (χ1n) is 5.46. The lowest BCUT2D eigenvalue weighted by Crippen LogP contribution is -2.43. The van der Waals surface area contributed by atoms with Crippen molar-refractivity contribution in [2.45, 2.75) is 44.4 Å². The van der Waals surface area contributed by atoms with Crippen molar-refractivity contribution in [2.75, 3.05) is 18.9 Å². The lowest BCUT2D eigenvalue weighted by atomic mass is 9.98. The van der Waals surface area contributed by atoms with Gasteiger partial charge in [-0.3, -0.25) is 5.32 Å². The molecule has 2 unspecified atom stereocenters. The number of nitrogens with zero attached hydrogens (tertiary/aromatic N) is 1. The van der Waals surface area contributed by atoms with E-state index >= 15 is 0 Å². The minimum atomic E-state index is -0.433. The molecule has 0 aromatic carbocycles. The Bertz CT molecular complexity index is 205. The number of hydrogen-bond acceptors (Lipinski definition) is 4. The molecule has 15 heavy (non-hydrogen) atoms. The van der Waals surface area contributed by atoms with Crippen LogP contribution in [-0.2, 0) is 0 Å². The van der Waals surface area contributed by atoms with E-state index in [1.54, 1.807) is 11.8 Å². The number of nitriles is 1. The number of aliphatic hydroxyl groups is 1. The molecule has 0 bridgehead atoms. The zero-order chi connectivity index (χ0) is 11.7. The molecule has 0 fully saturated rings. The lowest BCUT2D eigenvalue weighted by molar-refractivity contribution is 0.322. The molecule has 0 aliphatic carbocycles. The van der Waals surface area contributed by atoms with Crippen molar-refractivity contribution in [3.05, 3.63) is 0 Å². The number of nitrogens with one attached hydrogen (secondary N) is 1. The van der Waals surface area contributed by atoms with Gasteiger partial charge in [0.25, 0.3) is 0 Å². The summed E-state index contributed by atoms with van der Waals surface area (Å²) in [5.41, 5.74) is -0.433. The predicted octanol–water partition coefficient (Wildman–Crippen LogP) is 1.77. The predicted molar refractivity (Wildman–Crippen MR) is 65.9 cm³/mol. The van der Waals surface area contributed by atoms with Crippen molar-refractivity contribution in [1.29, 1.82) is 5.26 Å². The SMILES string of the molecule is CCCNC(C)(C#N)CC(C)SCCO. The monoisotopic (exact) mass is 230 g/mol. The van der Waals surface area contributed by atoms with Crippen LogP contribution < -0.4 is 5.32 Å². The van der Waals surface area contributed by atoms with Crippen molar-refractivity contribution in [3.8, 4) is 6.07 Å². The second-order valence-electron chi connectivity index (χ2n) is 3.98. The summed E-state index contributed by atoms with van der Waals surface area (Å²) >= 11 is 1.71. The van der Waals surface area contributed by atoms with E-state index < -0.39 is 5.54 Å². The molecule has 2 atom stereocenters. The zero-order valence-corrected chi connectivity index (χ0v) is 10.7. The van der Waals surface area contributed by atoms with Gasteiger partial charge in [0.15, 0.2) is 0 Å². The fraction of sp³-hybridized carbons (Fsp3) is 0.909. The molecule has 0 rings (SSSR count). The molecule has 0 heterocycles. The Hall–Kier alpha value is -0.240. The van der Waals surface area contributed by atoms with E-state index in [0.717, 1.165) is 25.1 Å². The van der Waals surface area contributed by atoms with E-state index in [0.29, 0.717) is 5.25 Å². The van der Waals surface area contributed by atoms with E-state index in [4.69, 9.17) is 10.4 Å². The van der Waals surface area contributed by atoms with Gasteiger partial charge in [-0.15, -0.1) is 0 Å². The van der Waals surface area contributed by atoms with Crippen LogP contribution in [0.1, 0.15) is 33.6 Å². The fourth-order valence-electron chi connectivity index (χ4n) is 1.45. The van der Waals surface area contributed by atoms with Gasteiger partial charge in [-0.2, -0.15) is 17.0 Å². The number of hydrogen-bond donors (Lipinski definition) is 2. The number of rotatable bonds is 8. The summed E-state index contributed by atoms with van der Waals surface area (Å²) in [4.78, 5) is 0. The van der Waals surface area contributed by atoms with Crippen LogP contribution >= 0.6 is 11.8 Å². The van der Waals surface area contributed by atoms with Crippen molar-refractivity contribution < 1.29 is 5.11 Å². The summed E-state index contributed by atoms with van der Waals surface area (Å²) in [7, 11) is 0. The van der Waals surface area contributed by atoms with Crippen LogP contribution in [0, 0.1) is 11.3 Å². The van der Waals surface area contributed by atoms with Gasteiger partial charge in [0.2, 0.25) is 0 Å². The first kappa shape index (κ1) is 14.8. The summed E-state index contributed by atoms with van der Waals surface area (Å²) in [5.74, 6) is 0.746. The van der Waals surface area contributed by atoms with Crippen molar-refractivity contribution in [1.82, 2.24) is 5.32 Å². The third-order valence-corrected chi connectivity index (χ3v) is 3.36. The minimum absolute atomic E-state index is 0.209. The minimum Gasteiger partial charge on any atom is -0.396 e. The maximum atomic E-state index is 9.12. The smallest absolute Gasteiger partial charge is 0.104 e. The molecule has 0 radical (unpaired) electrons. The summed E-state index contributed by atoms with van der Waals surface area (Å²) in [6.07, 6.45) is 1.85. The van der Waals surface area contributed by atoms with Crippen LogP contribution in [0.15, 0.2) is 0 Å². The van der Waals surface area contributed by atoms with Gasteiger partial charge in [0.05, 0.1) is 12.7 Å². The number of thioether (sulfide) groups is 1. The highest BCUT2D eigenvalue weighted by Crippen LogP contribution is 2.21. The third kappa shape index (κ3) is 6.77. The van der Waals surface area contributed by atoms with Gasteiger partial charge in [-0.05, 0) is 26.3 Å². The molecule has 0 aromatic rings. The van der Waals surface area contributed by atoms with Crippen LogP contribution in [0.2, 0.25) is 0 Å². The highest BCUT2D eigenvalue weighted by molar-refractivity contribution is 7.99. The van der Waals surface area contributed by atoms with Crippen LogP contribution in [0.5, 0.6) is 0 Å². The second-order valence-corrected chi connectivity index (χ2v) is 5.53. The van der Waals surface area contributed by atoms with Gasteiger partial charge in [-0.25, -0.2) is 0 Å². The lowest BCUT2D eigenvalue weighted by Gasteiger charge is -2.26. The average Bonchev–Trinajstić information content (AvgIpc) is 2.23. The molecular formula is C11H22N2OS. The average molecular weight is 230 g/mol. The summed E-state index contributed by atoms with van der Waals surface area (Å²) in [6.45, 7) is 7.22. The van der Waals surface area contributed by atoms with E-state index in [1.165, 1.54) is 0 Å². The van der Waals surface area contributed by atoms with Gasteiger partial charge >= 0.3 is 0 Å². The van der Waals surface area contributed by atoms with E-state index in [1.807, 2.05) is 6.92 Å². The zero-order valence-electron chi connectivity index (χ0n) is 9.92. The maximum absolute atomic E-state index is 9.12. The molecule has 2 N–H and O–H groups in total. The molecule has 0 spiro atoms. The summed E-state index contributed by atoms with van der Waals surface area (Å²) < 4.78 is 0. The number of aliphatic hydroxyl groups excluding tert-OH is 1. The Morgan fingerprint density at radius 3 is 2.73 bits per heavy atom. The van der Waals surface area contributed by atoms with Crippen molar-refractivity contribution in [3.63, 3.8) is 0 Å². The molecule has 88 valence electrons. The van der Waals surface area contributed by atoms with Gasteiger partial charge in [0, 0.05) is 11.0 Å². The highest BCUT2D eigenvalue weighted by Gasteiger charge is 2.25. The molecule has 0 aromatic heterocycles. The van der Waals surface area contributed by atoms with E-state index in [9.17, 15) is 0 Å². The largest absolute Gasteiger partial charge is 0.396 e. The standard InChI is InChI=1S/C11H22N2OS/c1-4-5-13-11(3,9-12)8-10(2)15-7-6-14/h10,13-14H,4-8H2,1-3H3. The summed E-state index contributed by atoms with van der Waals surface area (Å²) in [6, 6.07) is 2.33. The molecule has 0 aliphatic heterocycles. The molecule has 0 saturated heterocycles. The van der Waals surface area contributed by atoms with Gasteiger partial charge in [0.1, 0.15) is 5.54 Å². The molecule has 4 heteroatoms. The van der Waals surface area contributed by atoms with Gasteiger partial charge < -0.3 is 5.11 Å². The van der Waals surface area contributed by atoms with Crippen LogP contribution in [0.4, 0.5) is 0 Å². The van der Waals surface area contributed by atoms with Gasteiger partial charge in [-0.1, -0.05) is 13.8 Å². The normalized spacial score (nSPS) is 16.7. The first-order valence-corrected chi connectivity index (χ1v) is 6.51. The maximum Gasteiger partial charge on any atom is 0.104 e. The molecule has 3 nitrogen and oxygen atoms in total. The van der Waals surface area contributed by atoms with Crippen LogP contribution in [0.25, 0.3) is 0 Å². The Balaban J connectivity index is 4.01. The first-order chi connectivity index (χ1) is 7.08. The molecular weight excluding hydrogens is 208 g/mol. The highest BCUT2D eigenvalue weighted by atomic mass is 32.2. The second kappa shape index (κ2) is 7.98. The third-order valence-electron chi connectivity index (χ3n) is 2.20. The van der Waals surface area contributed by atoms with E-state index in [2.05, 4.69) is 25.2 Å². The molecule has 0 aliphatic rings. The Kier molecular flexibility index (Phi) is 7.85. The van der Waals surface area contributed by atoms with E-state index in [-0.39, 0.29) is 6.61 Å². The van der Waals surface area contributed by atoms with Crippen LogP contribution in [-0.4, -0.2) is 34.8 Å². The Labute approximate surface area is 97.2 Å². The molecule has 0 saturated carbocycles. The molecule has 0 amide bonds.